The fourth-order valence-corrected chi connectivity index (χ4v) is 4.80. The van der Waals surface area contributed by atoms with Crippen molar-refractivity contribution in [3.8, 4) is 5.69 Å². The lowest BCUT2D eigenvalue weighted by atomic mass is 10.1. The molecule has 0 saturated carbocycles. The number of benzene rings is 1. The number of carbonyl (C=O) groups excluding carboxylic acids is 1. The number of fused-ring (bicyclic) bond motifs is 2. The minimum Gasteiger partial charge on any atom is -0.311 e. The van der Waals surface area contributed by atoms with Crippen molar-refractivity contribution in [2.75, 3.05) is 11.1 Å². The Morgan fingerprint density at radius 3 is 2.87 bits per heavy atom. The van der Waals surface area contributed by atoms with E-state index < -0.39 is 0 Å². The van der Waals surface area contributed by atoms with Gasteiger partial charge < -0.3 is 5.32 Å². The number of aromatic nitrogens is 5. The lowest BCUT2D eigenvalue weighted by Gasteiger charge is -2.13. The van der Waals surface area contributed by atoms with Gasteiger partial charge >= 0.3 is 0 Å². The average Bonchev–Trinajstić information content (AvgIpc) is 3.36. The fourth-order valence-electron chi connectivity index (χ4n) is 3.67. The molecule has 0 saturated heterocycles. The molecule has 1 unspecified atom stereocenters. The van der Waals surface area contributed by atoms with Gasteiger partial charge in [-0.05, 0) is 49.2 Å². The third kappa shape index (κ3) is 3.50. The monoisotopic (exact) mass is 432 g/mol. The quantitative estimate of drug-likeness (QED) is 0.498. The number of nitrogens with one attached hydrogen (secondary N) is 1. The Kier molecular flexibility index (Phi) is 4.82. The number of pyridine rings is 1. The Labute approximate surface area is 182 Å². The number of hydrogen-bond donors (Lipinski definition) is 1. The molecule has 1 aliphatic rings. The molecule has 0 aliphatic carbocycles. The van der Waals surface area contributed by atoms with Gasteiger partial charge in [0.1, 0.15) is 11.2 Å². The first-order valence-electron chi connectivity index (χ1n) is 9.93. The van der Waals surface area contributed by atoms with Crippen LogP contribution in [0.4, 0.5) is 5.82 Å². The van der Waals surface area contributed by atoms with Crippen molar-refractivity contribution < 1.29 is 4.79 Å². The van der Waals surface area contributed by atoms with Crippen molar-refractivity contribution in [3.63, 3.8) is 0 Å². The van der Waals surface area contributed by atoms with E-state index in [0.717, 1.165) is 11.3 Å². The standard InChI is InChI=1S/C22H20N6O2S/c1-13-6-7-15(9-14(13)2)28-20-17(11-24-28)21(30)27-16(12-31-22(27)26-20)10-19(29)25-18-5-3-4-8-23-18/h3-9,11,16H,10,12H2,1-2H3,(H,23,25,29). The van der Waals surface area contributed by atoms with Crippen molar-refractivity contribution in [1.29, 1.82) is 0 Å². The molecule has 156 valence electrons. The topological polar surface area (TPSA) is 94.7 Å². The summed E-state index contributed by atoms with van der Waals surface area (Å²) in [4.78, 5) is 34.6. The van der Waals surface area contributed by atoms with Gasteiger partial charge in [0.25, 0.3) is 5.56 Å². The van der Waals surface area contributed by atoms with Gasteiger partial charge in [-0.25, -0.2) is 14.6 Å². The Balaban J connectivity index is 1.47. The molecule has 8 nitrogen and oxygen atoms in total. The van der Waals surface area contributed by atoms with Crippen molar-refractivity contribution in [2.24, 2.45) is 0 Å². The Morgan fingerprint density at radius 1 is 1.23 bits per heavy atom. The van der Waals surface area contributed by atoms with E-state index in [-0.39, 0.29) is 23.9 Å². The number of nitrogens with zero attached hydrogens (tertiary/aromatic N) is 5. The Hall–Kier alpha value is -3.46. The van der Waals surface area contributed by atoms with Crippen LogP contribution in [0.5, 0.6) is 0 Å². The lowest BCUT2D eigenvalue weighted by molar-refractivity contribution is -0.116. The highest BCUT2D eigenvalue weighted by Crippen LogP contribution is 2.33. The molecular formula is C22H20N6O2S. The molecule has 31 heavy (non-hydrogen) atoms. The first-order valence-corrected chi connectivity index (χ1v) is 10.9. The molecule has 1 aromatic carbocycles. The summed E-state index contributed by atoms with van der Waals surface area (Å²) >= 11 is 1.48. The van der Waals surface area contributed by atoms with Crippen LogP contribution in [-0.4, -0.2) is 36.0 Å². The van der Waals surface area contributed by atoms with Crippen molar-refractivity contribution in [1.82, 2.24) is 24.3 Å². The van der Waals surface area contributed by atoms with Crippen molar-refractivity contribution in [2.45, 2.75) is 31.5 Å². The van der Waals surface area contributed by atoms with E-state index in [1.165, 1.54) is 17.3 Å². The van der Waals surface area contributed by atoms with Gasteiger partial charge in [0, 0.05) is 18.4 Å². The molecule has 4 heterocycles. The van der Waals surface area contributed by atoms with Crippen LogP contribution >= 0.6 is 11.8 Å². The molecule has 1 aliphatic heterocycles. The highest BCUT2D eigenvalue weighted by molar-refractivity contribution is 7.99. The second-order valence-electron chi connectivity index (χ2n) is 7.56. The lowest BCUT2D eigenvalue weighted by Crippen LogP contribution is -2.27. The third-order valence-electron chi connectivity index (χ3n) is 5.46. The summed E-state index contributed by atoms with van der Waals surface area (Å²) in [5, 5.41) is 8.26. The van der Waals surface area contributed by atoms with Gasteiger partial charge in [0.2, 0.25) is 5.91 Å². The zero-order chi connectivity index (χ0) is 21.5. The predicted molar refractivity (Wildman–Crippen MR) is 120 cm³/mol. The van der Waals surface area contributed by atoms with Crippen molar-refractivity contribution in [3.05, 3.63) is 70.3 Å². The van der Waals surface area contributed by atoms with Crippen LogP contribution < -0.4 is 10.9 Å². The zero-order valence-electron chi connectivity index (χ0n) is 17.1. The fraction of sp³-hybridized carbons (Fsp3) is 0.227. The molecule has 3 aromatic heterocycles. The second kappa shape index (κ2) is 7.66. The predicted octanol–water partition coefficient (Wildman–Crippen LogP) is 3.27. The van der Waals surface area contributed by atoms with E-state index in [1.807, 2.05) is 31.2 Å². The van der Waals surface area contributed by atoms with Crippen molar-refractivity contribution >= 4 is 34.5 Å². The molecule has 5 rings (SSSR count). The zero-order valence-corrected chi connectivity index (χ0v) is 17.9. The Morgan fingerprint density at radius 2 is 2.10 bits per heavy atom. The van der Waals surface area contributed by atoms with Gasteiger partial charge in [0.15, 0.2) is 10.8 Å². The smallest absolute Gasteiger partial charge is 0.265 e. The highest BCUT2D eigenvalue weighted by atomic mass is 32.2. The highest BCUT2D eigenvalue weighted by Gasteiger charge is 2.29. The summed E-state index contributed by atoms with van der Waals surface area (Å²) in [6, 6.07) is 11.1. The number of rotatable bonds is 4. The summed E-state index contributed by atoms with van der Waals surface area (Å²) in [7, 11) is 0. The van der Waals surface area contributed by atoms with E-state index in [4.69, 9.17) is 4.98 Å². The first kappa shape index (κ1) is 19.5. The van der Waals surface area contributed by atoms with E-state index in [0.29, 0.717) is 27.8 Å². The summed E-state index contributed by atoms with van der Waals surface area (Å²) in [6.45, 7) is 4.10. The summed E-state index contributed by atoms with van der Waals surface area (Å²) < 4.78 is 3.32. The maximum absolute atomic E-state index is 13.2. The van der Waals surface area contributed by atoms with Gasteiger partial charge in [-0.1, -0.05) is 23.9 Å². The normalized spacial score (nSPS) is 15.2. The molecule has 0 radical (unpaired) electrons. The molecule has 0 fully saturated rings. The largest absolute Gasteiger partial charge is 0.311 e. The molecule has 1 atom stereocenters. The average molecular weight is 433 g/mol. The number of anilines is 1. The number of hydrogen-bond acceptors (Lipinski definition) is 6. The van der Waals surface area contributed by atoms with E-state index >= 15 is 0 Å². The molecule has 0 spiro atoms. The van der Waals surface area contributed by atoms with Gasteiger partial charge in [-0.3, -0.25) is 14.2 Å². The minimum absolute atomic E-state index is 0.171. The van der Waals surface area contributed by atoms with Gasteiger partial charge in [0.05, 0.1) is 17.9 Å². The van der Waals surface area contributed by atoms with Crippen LogP contribution in [0.15, 0.2) is 58.7 Å². The van der Waals surface area contributed by atoms with Crippen LogP contribution in [0.3, 0.4) is 0 Å². The first-order chi connectivity index (χ1) is 15.0. The maximum atomic E-state index is 13.2. The number of aryl methyl sites for hydroxylation is 2. The van der Waals surface area contributed by atoms with Gasteiger partial charge in [-0.15, -0.1) is 0 Å². The molecule has 9 heteroatoms. The minimum atomic E-state index is -0.266. The van der Waals surface area contributed by atoms with Crippen LogP contribution in [0.2, 0.25) is 0 Å². The summed E-state index contributed by atoms with van der Waals surface area (Å²) in [5.41, 5.74) is 3.56. The molecule has 4 aromatic rings. The van der Waals surface area contributed by atoms with Crippen LogP contribution in [0.25, 0.3) is 16.7 Å². The number of carbonyl (C=O) groups is 1. The SMILES string of the molecule is Cc1ccc(-n2ncc3c(=O)n4c(nc32)SCC4CC(=O)Nc2ccccn2)cc1C. The van der Waals surface area contributed by atoms with E-state index in [2.05, 4.69) is 22.3 Å². The van der Waals surface area contributed by atoms with E-state index in [9.17, 15) is 9.59 Å². The van der Waals surface area contributed by atoms with Gasteiger partial charge in [-0.2, -0.15) is 5.10 Å². The molecular weight excluding hydrogens is 412 g/mol. The third-order valence-corrected chi connectivity index (χ3v) is 6.56. The molecule has 0 bridgehead atoms. The Bertz CT molecular complexity index is 1360. The van der Waals surface area contributed by atoms with Crippen LogP contribution in [-0.2, 0) is 4.79 Å². The van der Waals surface area contributed by atoms with E-state index in [1.54, 1.807) is 33.8 Å². The second-order valence-corrected chi connectivity index (χ2v) is 8.55. The molecule has 1 N–H and O–H groups in total. The number of thioether (sulfide) groups is 1. The summed E-state index contributed by atoms with van der Waals surface area (Å²) in [5.74, 6) is 0.922. The summed E-state index contributed by atoms with van der Waals surface area (Å²) in [6.07, 6.45) is 3.35. The number of amides is 1. The van der Waals surface area contributed by atoms with Crippen LogP contribution in [0, 0.1) is 13.8 Å². The van der Waals surface area contributed by atoms with Crippen LogP contribution in [0.1, 0.15) is 23.6 Å². The molecule has 1 amide bonds. The maximum Gasteiger partial charge on any atom is 0.265 e.